The monoisotopic (exact) mass is 352 g/mol. The zero-order valence-corrected chi connectivity index (χ0v) is 15.1. The minimum absolute atomic E-state index is 0.00163. The molecule has 0 aromatic heterocycles. The third-order valence-corrected chi connectivity index (χ3v) is 4.55. The van der Waals surface area contributed by atoms with E-state index < -0.39 is 30.0 Å². The summed E-state index contributed by atoms with van der Waals surface area (Å²) in [6.07, 6.45) is 1.41. The molecule has 1 aromatic rings. The van der Waals surface area contributed by atoms with Crippen molar-refractivity contribution in [2.24, 2.45) is 0 Å². The van der Waals surface area contributed by atoms with Crippen LogP contribution in [-0.2, 0) is 14.1 Å². The van der Waals surface area contributed by atoms with E-state index in [0.29, 0.717) is 5.47 Å². The summed E-state index contributed by atoms with van der Waals surface area (Å²) in [6, 6.07) is 1.92. The lowest BCUT2D eigenvalue weighted by Gasteiger charge is -2.32. The predicted molar refractivity (Wildman–Crippen MR) is 93.5 cm³/mol. The summed E-state index contributed by atoms with van der Waals surface area (Å²) in [7, 11) is -0.795. The number of halogens is 2. The van der Waals surface area contributed by atoms with Crippen LogP contribution in [0.5, 0.6) is 0 Å². The smallest absolute Gasteiger partial charge is 0.400 e. The Balaban J connectivity index is 2.40. The van der Waals surface area contributed by atoms with Gasteiger partial charge in [-0.05, 0) is 39.2 Å². The fourth-order valence-electron chi connectivity index (χ4n) is 2.31. The Hall–Kier alpha value is -1.93. The highest BCUT2D eigenvalue weighted by molar-refractivity contribution is 6.56. The maximum absolute atomic E-state index is 14.1. The van der Waals surface area contributed by atoms with Crippen molar-refractivity contribution >= 4 is 24.8 Å². The van der Waals surface area contributed by atoms with Gasteiger partial charge in [-0.15, -0.1) is 0 Å². The van der Waals surface area contributed by atoms with Crippen molar-refractivity contribution < 1.29 is 22.9 Å². The Bertz CT molecular complexity index is 704. The fourth-order valence-corrected chi connectivity index (χ4v) is 2.31. The number of nitrogens with two attached hydrogens (primary N) is 1. The van der Waals surface area contributed by atoms with E-state index in [0.717, 1.165) is 12.1 Å². The van der Waals surface area contributed by atoms with Gasteiger partial charge in [-0.1, -0.05) is 6.08 Å². The molecule has 5 nitrogen and oxygen atoms in total. The molecule has 0 unspecified atom stereocenters. The van der Waals surface area contributed by atoms with Gasteiger partial charge in [0.05, 0.1) is 16.9 Å². The Morgan fingerprint density at radius 2 is 1.76 bits per heavy atom. The highest BCUT2D eigenvalue weighted by atomic mass is 19.1. The van der Waals surface area contributed by atoms with E-state index in [-0.39, 0.29) is 23.7 Å². The molecule has 1 aromatic carbocycles. The molecule has 0 atom stereocenters. The standard InChI is InChI=1S/C17H23BF2N2O3/c1-10(23)22-9-12(18-24-16(2,3)17(4,5)25-18)6-11-7-14(20)15(21)8-13(11)19/h6-8H,9,21H2,1-5H3,(H,22,23). The molecule has 1 saturated heterocycles. The molecule has 8 heteroatoms. The average Bonchev–Trinajstić information content (AvgIpc) is 2.68. The first-order valence-corrected chi connectivity index (χ1v) is 7.98. The molecule has 1 heterocycles. The number of nitrogen functional groups attached to an aromatic ring is 1. The number of hydrogen-bond donors (Lipinski definition) is 2. The molecule has 0 spiro atoms. The molecule has 0 saturated carbocycles. The quantitative estimate of drug-likeness (QED) is 0.646. The van der Waals surface area contributed by atoms with E-state index >= 15 is 0 Å². The first-order valence-electron chi connectivity index (χ1n) is 7.98. The molecule has 0 aliphatic carbocycles. The minimum Gasteiger partial charge on any atom is -0.400 e. The predicted octanol–water partition coefficient (Wildman–Crippen LogP) is 2.70. The summed E-state index contributed by atoms with van der Waals surface area (Å²) in [4.78, 5) is 11.3. The fraction of sp³-hybridized carbons (Fsp3) is 0.471. The van der Waals surface area contributed by atoms with E-state index in [1.807, 2.05) is 27.7 Å². The SMILES string of the molecule is CC(=O)NCC(=Cc1cc(F)c(N)cc1F)B1OC(C)(C)C(C)(C)O1. The van der Waals surface area contributed by atoms with E-state index in [1.165, 1.54) is 13.0 Å². The van der Waals surface area contributed by atoms with Crippen molar-refractivity contribution in [2.45, 2.75) is 45.8 Å². The van der Waals surface area contributed by atoms with Crippen molar-refractivity contribution in [1.82, 2.24) is 5.32 Å². The molecular weight excluding hydrogens is 329 g/mol. The summed E-state index contributed by atoms with van der Waals surface area (Å²) in [5.74, 6) is -1.65. The largest absolute Gasteiger partial charge is 0.492 e. The number of carbonyl (C=O) groups excluding carboxylic acids is 1. The molecule has 3 N–H and O–H groups in total. The van der Waals surface area contributed by atoms with E-state index in [2.05, 4.69) is 5.32 Å². The number of amides is 1. The molecule has 0 bridgehead atoms. The lowest BCUT2D eigenvalue weighted by atomic mass is 9.77. The zero-order valence-electron chi connectivity index (χ0n) is 15.1. The van der Waals surface area contributed by atoms with Gasteiger partial charge in [0.2, 0.25) is 5.91 Å². The second kappa shape index (κ2) is 6.76. The van der Waals surface area contributed by atoms with Gasteiger partial charge in [-0.3, -0.25) is 4.79 Å². The van der Waals surface area contributed by atoms with Crippen LogP contribution in [0.4, 0.5) is 14.5 Å². The first kappa shape index (κ1) is 19.4. The zero-order chi connectivity index (χ0) is 19.0. The average molecular weight is 352 g/mol. The minimum atomic E-state index is -0.795. The number of carbonyl (C=O) groups is 1. The van der Waals surface area contributed by atoms with Gasteiger partial charge in [0, 0.05) is 25.1 Å². The molecule has 2 rings (SSSR count). The van der Waals surface area contributed by atoms with Gasteiger partial charge in [0.15, 0.2) is 0 Å². The van der Waals surface area contributed by atoms with E-state index in [4.69, 9.17) is 15.0 Å². The van der Waals surface area contributed by atoms with Gasteiger partial charge in [0.25, 0.3) is 0 Å². The van der Waals surface area contributed by atoms with Gasteiger partial charge in [-0.25, -0.2) is 8.78 Å². The van der Waals surface area contributed by atoms with E-state index in [9.17, 15) is 13.6 Å². The van der Waals surface area contributed by atoms with Crippen molar-refractivity contribution in [2.75, 3.05) is 12.3 Å². The van der Waals surface area contributed by atoms with Gasteiger partial charge in [0.1, 0.15) is 11.6 Å². The van der Waals surface area contributed by atoms with Crippen LogP contribution in [0.2, 0.25) is 0 Å². The van der Waals surface area contributed by atoms with Crippen LogP contribution in [0.15, 0.2) is 17.6 Å². The van der Waals surface area contributed by atoms with Gasteiger partial charge >= 0.3 is 7.12 Å². The number of hydrogen-bond acceptors (Lipinski definition) is 4. The molecular formula is C17H23BF2N2O3. The van der Waals surface area contributed by atoms with Crippen LogP contribution in [0.3, 0.4) is 0 Å². The summed E-state index contributed by atoms with van der Waals surface area (Å²) in [6.45, 7) is 8.97. The van der Waals surface area contributed by atoms with Gasteiger partial charge < -0.3 is 20.4 Å². The second-order valence-corrected chi connectivity index (χ2v) is 7.11. The molecule has 0 radical (unpaired) electrons. The normalized spacial score (nSPS) is 19.2. The van der Waals surface area contributed by atoms with Crippen molar-refractivity contribution in [1.29, 1.82) is 0 Å². The van der Waals surface area contributed by atoms with Gasteiger partial charge in [-0.2, -0.15) is 0 Å². The van der Waals surface area contributed by atoms with Crippen LogP contribution in [-0.4, -0.2) is 30.8 Å². The molecule has 1 amide bonds. The van der Waals surface area contributed by atoms with Crippen molar-refractivity contribution in [3.05, 3.63) is 34.8 Å². The number of nitrogens with one attached hydrogen (secondary N) is 1. The third kappa shape index (κ3) is 4.19. The highest BCUT2D eigenvalue weighted by Crippen LogP contribution is 2.38. The Labute approximate surface area is 146 Å². The van der Waals surface area contributed by atoms with Crippen molar-refractivity contribution in [3.8, 4) is 0 Å². The number of rotatable bonds is 4. The maximum Gasteiger partial charge on any atom is 0.492 e. The summed E-state index contributed by atoms with van der Waals surface area (Å²) >= 11 is 0. The molecule has 1 aliphatic rings. The summed E-state index contributed by atoms with van der Waals surface area (Å²) < 4.78 is 39.7. The third-order valence-electron chi connectivity index (χ3n) is 4.55. The molecule has 136 valence electrons. The Morgan fingerprint density at radius 1 is 1.20 bits per heavy atom. The maximum atomic E-state index is 14.1. The van der Waals surface area contributed by atoms with Crippen LogP contribution >= 0.6 is 0 Å². The number of benzene rings is 1. The van der Waals surface area contributed by atoms with Crippen LogP contribution in [0.25, 0.3) is 6.08 Å². The lowest BCUT2D eigenvalue weighted by molar-refractivity contribution is -0.118. The molecule has 25 heavy (non-hydrogen) atoms. The summed E-state index contributed by atoms with van der Waals surface area (Å²) in [5.41, 5.74) is 4.37. The molecule has 1 aliphatic heterocycles. The van der Waals surface area contributed by atoms with Crippen LogP contribution in [0, 0.1) is 11.6 Å². The highest BCUT2D eigenvalue weighted by Gasteiger charge is 2.52. The van der Waals surface area contributed by atoms with Crippen LogP contribution in [0.1, 0.15) is 40.2 Å². The second-order valence-electron chi connectivity index (χ2n) is 7.11. The Morgan fingerprint density at radius 3 is 2.28 bits per heavy atom. The lowest BCUT2D eigenvalue weighted by Crippen LogP contribution is -2.41. The topological polar surface area (TPSA) is 73.6 Å². The first-order chi connectivity index (χ1) is 11.4. The van der Waals surface area contributed by atoms with E-state index in [1.54, 1.807) is 0 Å². The van der Waals surface area contributed by atoms with Crippen molar-refractivity contribution in [3.63, 3.8) is 0 Å². The Kier molecular flexibility index (Phi) is 5.25. The summed E-state index contributed by atoms with van der Waals surface area (Å²) in [5, 5.41) is 2.63. The molecule has 1 fully saturated rings. The van der Waals surface area contributed by atoms with Crippen LogP contribution < -0.4 is 11.1 Å². The number of anilines is 1.